The van der Waals surface area contributed by atoms with Crippen LogP contribution in [0.4, 0.5) is 14.9 Å². The van der Waals surface area contributed by atoms with Crippen molar-refractivity contribution in [2.75, 3.05) is 11.4 Å². The van der Waals surface area contributed by atoms with Crippen LogP contribution in [-0.4, -0.2) is 40.1 Å². The van der Waals surface area contributed by atoms with Gasteiger partial charge in [-0.2, -0.15) is 5.10 Å². The number of amides is 1. The molecule has 1 aromatic heterocycles. The maximum atomic E-state index is 13.3. The first-order valence-electron chi connectivity index (χ1n) is 11.8. The van der Waals surface area contributed by atoms with E-state index < -0.39 is 5.60 Å². The highest BCUT2D eigenvalue weighted by atomic mass is 19.1. The van der Waals surface area contributed by atoms with E-state index in [1.165, 1.54) is 31.4 Å². The molecule has 3 aromatic rings. The average Bonchev–Trinajstić information content (AvgIpc) is 3.30. The number of aromatic nitrogens is 2. The van der Waals surface area contributed by atoms with Crippen LogP contribution in [-0.2, 0) is 4.74 Å². The Bertz CT molecular complexity index is 1150. The molecule has 1 N–H and O–H groups in total. The minimum Gasteiger partial charge on any atom is -0.444 e. The molecule has 2 aliphatic rings. The molecule has 1 aliphatic heterocycles. The smallest absolute Gasteiger partial charge is 0.407 e. The first kappa shape index (κ1) is 21.7. The number of rotatable bonds is 4. The molecule has 0 radical (unpaired) electrons. The van der Waals surface area contributed by atoms with Crippen molar-refractivity contribution in [3.05, 3.63) is 54.5 Å². The molecule has 5 rings (SSSR count). The fourth-order valence-electron chi connectivity index (χ4n) is 5.08. The van der Waals surface area contributed by atoms with Crippen molar-refractivity contribution in [3.63, 3.8) is 0 Å². The molecule has 1 saturated carbocycles. The topological polar surface area (TPSA) is 59.4 Å². The summed E-state index contributed by atoms with van der Waals surface area (Å²) in [6, 6.07) is 13.1. The van der Waals surface area contributed by atoms with Crippen molar-refractivity contribution in [3.8, 4) is 5.69 Å². The molecule has 1 unspecified atom stereocenters. The third kappa shape index (κ3) is 4.41. The lowest BCUT2D eigenvalue weighted by molar-refractivity contribution is 0.0490. The molecule has 7 heteroatoms. The molecular formula is C26H31FN4O2. The summed E-state index contributed by atoms with van der Waals surface area (Å²) < 4.78 is 20.7. The lowest BCUT2D eigenvalue weighted by Crippen LogP contribution is -2.51. The van der Waals surface area contributed by atoms with E-state index in [4.69, 9.17) is 4.74 Å². The fourth-order valence-corrected chi connectivity index (χ4v) is 5.08. The third-order valence-electron chi connectivity index (χ3n) is 6.74. The number of benzene rings is 2. The summed E-state index contributed by atoms with van der Waals surface area (Å²) in [5.41, 5.74) is 2.44. The van der Waals surface area contributed by atoms with Gasteiger partial charge in [0, 0.05) is 17.6 Å². The van der Waals surface area contributed by atoms with Crippen LogP contribution in [0.3, 0.4) is 0 Å². The van der Waals surface area contributed by atoms with E-state index in [1.807, 2.05) is 31.6 Å². The molecule has 0 spiro atoms. The molecule has 1 amide bonds. The van der Waals surface area contributed by atoms with E-state index in [1.54, 1.807) is 12.1 Å². The predicted molar refractivity (Wildman–Crippen MR) is 127 cm³/mol. The van der Waals surface area contributed by atoms with Gasteiger partial charge < -0.3 is 15.0 Å². The summed E-state index contributed by atoms with van der Waals surface area (Å²) in [4.78, 5) is 14.9. The highest BCUT2D eigenvalue weighted by Gasteiger charge is 2.43. The Balaban J connectivity index is 1.40. The molecule has 2 atom stereocenters. The van der Waals surface area contributed by atoms with Crippen LogP contribution in [0.5, 0.6) is 0 Å². The highest BCUT2D eigenvalue weighted by Crippen LogP contribution is 2.40. The van der Waals surface area contributed by atoms with Gasteiger partial charge in [0.15, 0.2) is 0 Å². The molecule has 2 heterocycles. The number of halogens is 1. The number of ether oxygens (including phenoxy) is 1. The summed E-state index contributed by atoms with van der Waals surface area (Å²) in [6.07, 6.45) is 6.05. The van der Waals surface area contributed by atoms with Crippen molar-refractivity contribution >= 4 is 22.7 Å². The van der Waals surface area contributed by atoms with Crippen LogP contribution in [0.1, 0.15) is 46.5 Å². The zero-order valence-corrected chi connectivity index (χ0v) is 19.4. The molecule has 2 aromatic carbocycles. The summed E-state index contributed by atoms with van der Waals surface area (Å²) >= 11 is 0. The van der Waals surface area contributed by atoms with Gasteiger partial charge in [0.2, 0.25) is 0 Å². The molecular weight excluding hydrogens is 419 g/mol. The van der Waals surface area contributed by atoms with Gasteiger partial charge in [-0.1, -0.05) is 6.42 Å². The summed E-state index contributed by atoms with van der Waals surface area (Å²) in [5, 5.41) is 8.72. The summed E-state index contributed by atoms with van der Waals surface area (Å²) in [7, 11) is 0. The fraction of sp³-hybridized carbons (Fsp3) is 0.462. The molecule has 2 fully saturated rings. The Labute approximate surface area is 193 Å². The van der Waals surface area contributed by atoms with E-state index in [0.29, 0.717) is 5.92 Å². The third-order valence-corrected chi connectivity index (χ3v) is 6.74. The Morgan fingerprint density at radius 2 is 1.82 bits per heavy atom. The van der Waals surface area contributed by atoms with Gasteiger partial charge in [0.05, 0.1) is 29.5 Å². The monoisotopic (exact) mass is 450 g/mol. The molecule has 174 valence electrons. The largest absolute Gasteiger partial charge is 0.444 e. The quantitative estimate of drug-likeness (QED) is 0.575. The van der Waals surface area contributed by atoms with Gasteiger partial charge in [-0.3, -0.25) is 0 Å². The second-order valence-electron chi connectivity index (χ2n) is 10.2. The summed E-state index contributed by atoms with van der Waals surface area (Å²) in [6.45, 7) is 6.55. The molecule has 1 aliphatic carbocycles. The Hall–Kier alpha value is -3.09. The van der Waals surface area contributed by atoms with E-state index in [0.717, 1.165) is 35.2 Å². The normalized spacial score (nSPS) is 21.3. The number of alkyl carbamates (subject to hydrolysis) is 1. The molecule has 1 saturated heterocycles. The number of carbonyl (C=O) groups excluding carboxylic acids is 1. The standard InChI is InChI=1S/C26H31FN4O2/c1-26(2,3)33-25(32)29-22-13-14-30(24(22)17-5-4-6-17)21-11-12-23-18(15-21)16-28-31(23)20-9-7-19(27)8-10-20/h7-12,15-17,22,24H,4-6,13-14H2,1-3H3,(H,29,32)/t22-,24?/m1/s1. The first-order valence-corrected chi connectivity index (χ1v) is 11.8. The van der Waals surface area contributed by atoms with Crippen LogP contribution in [0.2, 0.25) is 0 Å². The maximum absolute atomic E-state index is 13.3. The number of carbonyl (C=O) groups is 1. The summed E-state index contributed by atoms with van der Waals surface area (Å²) in [5.74, 6) is 0.313. The van der Waals surface area contributed by atoms with Crippen LogP contribution in [0.15, 0.2) is 48.7 Å². The zero-order valence-electron chi connectivity index (χ0n) is 19.4. The van der Waals surface area contributed by atoms with Crippen molar-refractivity contribution in [1.29, 1.82) is 0 Å². The van der Waals surface area contributed by atoms with Crippen LogP contribution < -0.4 is 10.2 Å². The van der Waals surface area contributed by atoms with Gasteiger partial charge in [0.1, 0.15) is 11.4 Å². The van der Waals surface area contributed by atoms with Crippen molar-refractivity contribution < 1.29 is 13.9 Å². The number of nitrogens with zero attached hydrogens (tertiary/aromatic N) is 3. The number of hydrogen-bond donors (Lipinski definition) is 1. The Morgan fingerprint density at radius 3 is 2.48 bits per heavy atom. The van der Waals surface area contributed by atoms with E-state index >= 15 is 0 Å². The van der Waals surface area contributed by atoms with Gasteiger partial charge >= 0.3 is 6.09 Å². The molecule has 33 heavy (non-hydrogen) atoms. The number of hydrogen-bond acceptors (Lipinski definition) is 4. The highest BCUT2D eigenvalue weighted by molar-refractivity contribution is 5.84. The Kier molecular flexibility index (Phi) is 5.51. The van der Waals surface area contributed by atoms with E-state index in [2.05, 4.69) is 33.5 Å². The minimum absolute atomic E-state index is 0.0720. The lowest BCUT2D eigenvalue weighted by Gasteiger charge is -2.41. The Morgan fingerprint density at radius 1 is 1.09 bits per heavy atom. The van der Waals surface area contributed by atoms with E-state index in [9.17, 15) is 9.18 Å². The lowest BCUT2D eigenvalue weighted by atomic mass is 9.77. The second-order valence-corrected chi connectivity index (χ2v) is 10.2. The van der Waals surface area contributed by atoms with Gasteiger partial charge in [0.25, 0.3) is 0 Å². The van der Waals surface area contributed by atoms with Crippen LogP contribution in [0, 0.1) is 11.7 Å². The van der Waals surface area contributed by atoms with Crippen LogP contribution in [0.25, 0.3) is 16.6 Å². The number of anilines is 1. The van der Waals surface area contributed by atoms with Gasteiger partial charge in [-0.25, -0.2) is 13.9 Å². The molecule has 0 bridgehead atoms. The first-order chi connectivity index (χ1) is 15.8. The van der Waals surface area contributed by atoms with Crippen molar-refractivity contribution in [2.45, 2.75) is 64.1 Å². The van der Waals surface area contributed by atoms with Gasteiger partial charge in [-0.15, -0.1) is 0 Å². The van der Waals surface area contributed by atoms with Crippen LogP contribution >= 0.6 is 0 Å². The average molecular weight is 451 g/mol. The maximum Gasteiger partial charge on any atom is 0.407 e. The van der Waals surface area contributed by atoms with Crippen molar-refractivity contribution in [1.82, 2.24) is 15.1 Å². The SMILES string of the molecule is CC(C)(C)OC(=O)N[C@@H]1CCN(c2ccc3c(cnn3-c3ccc(F)cc3)c2)C1C1CCC1. The zero-order chi connectivity index (χ0) is 23.2. The minimum atomic E-state index is -0.510. The van der Waals surface area contributed by atoms with Crippen molar-refractivity contribution in [2.24, 2.45) is 5.92 Å². The number of nitrogens with one attached hydrogen (secondary N) is 1. The number of fused-ring (bicyclic) bond motifs is 1. The second kappa shape index (κ2) is 8.36. The predicted octanol–water partition coefficient (Wildman–Crippen LogP) is 5.44. The molecule has 6 nitrogen and oxygen atoms in total. The van der Waals surface area contributed by atoms with Gasteiger partial charge in [-0.05, 0) is 88.4 Å². The van der Waals surface area contributed by atoms with E-state index in [-0.39, 0.29) is 24.0 Å².